The molecule has 0 aliphatic rings. The van der Waals surface area contributed by atoms with Gasteiger partial charge in [0, 0.05) is 12.1 Å². The van der Waals surface area contributed by atoms with Crippen LogP contribution in [0.3, 0.4) is 0 Å². The van der Waals surface area contributed by atoms with E-state index in [0.29, 0.717) is 18.5 Å². The third kappa shape index (κ3) is 3.20. The molecule has 0 bridgehead atoms. The summed E-state index contributed by atoms with van der Waals surface area (Å²) in [7, 11) is 0. The molecular weight excluding hydrogens is 178 g/mol. The van der Waals surface area contributed by atoms with E-state index < -0.39 is 0 Å². The van der Waals surface area contributed by atoms with Crippen LogP contribution in [0.25, 0.3) is 0 Å². The van der Waals surface area contributed by atoms with Gasteiger partial charge in [0.15, 0.2) is 0 Å². The van der Waals surface area contributed by atoms with Crippen LogP contribution >= 0.6 is 0 Å². The molecule has 1 heterocycles. The predicted octanol–water partition coefficient (Wildman–Crippen LogP) is 2.09. The minimum Gasteiger partial charge on any atom is -0.478 e. The van der Waals surface area contributed by atoms with E-state index in [9.17, 15) is 0 Å². The van der Waals surface area contributed by atoms with E-state index in [1.54, 1.807) is 0 Å². The van der Waals surface area contributed by atoms with Crippen molar-refractivity contribution in [1.82, 2.24) is 9.97 Å². The van der Waals surface area contributed by atoms with Crippen molar-refractivity contribution in [2.45, 2.75) is 33.2 Å². The fourth-order valence-corrected chi connectivity index (χ4v) is 1.000. The maximum Gasteiger partial charge on any atom is 0.218 e. The van der Waals surface area contributed by atoms with E-state index >= 15 is 0 Å². The first-order valence-electron chi connectivity index (χ1n) is 4.97. The summed E-state index contributed by atoms with van der Waals surface area (Å²) in [6.07, 6.45) is 2.57. The van der Waals surface area contributed by atoms with Crippen LogP contribution in [-0.2, 0) is 0 Å². The fourth-order valence-electron chi connectivity index (χ4n) is 1.000. The topological polar surface area (TPSA) is 47.0 Å². The molecule has 0 spiro atoms. The largest absolute Gasteiger partial charge is 0.478 e. The van der Waals surface area contributed by atoms with Gasteiger partial charge in [-0.1, -0.05) is 6.92 Å². The van der Waals surface area contributed by atoms with Crippen molar-refractivity contribution in [3.05, 3.63) is 12.4 Å². The van der Waals surface area contributed by atoms with Crippen LogP contribution in [0.4, 0.5) is 5.82 Å². The Morgan fingerprint density at radius 1 is 1.43 bits per heavy atom. The second-order valence-electron chi connectivity index (χ2n) is 3.13. The standard InChI is InChI=1S/C10H17N3O/c1-4-8(3)13-9-6-10(14-5-2)12-7-11-9/h6-8H,4-5H2,1-3H3,(H,11,12,13). The first kappa shape index (κ1) is 10.8. The summed E-state index contributed by atoms with van der Waals surface area (Å²) in [5.74, 6) is 1.44. The zero-order chi connectivity index (χ0) is 10.4. The highest BCUT2D eigenvalue weighted by Crippen LogP contribution is 2.12. The van der Waals surface area contributed by atoms with Crippen LogP contribution in [0.5, 0.6) is 5.88 Å². The third-order valence-corrected chi connectivity index (χ3v) is 1.94. The van der Waals surface area contributed by atoms with Crippen molar-refractivity contribution in [3.63, 3.8) is 0 Å². The summed E-state index contributed by atoms with van der Waals surface area (Å²) in [4.78, 5) is 8.10. The average molecular weight is 195 g/mol. The second-order valence-corrected chi connectivity index (χ2v) is 3.13. The van der Waals surface area contributed by atoms with Crippen LogP contribution in [0.15, 0.2) is 12.4 Å². The van der Waals surface area contributed by atoms with Crippen LogP contribution in [-0.4, -0.2) is 22.6 Å². The molecule has 14 heavy (non-hydrogen) atoms. The van der Waals surface area contributed by atoms with Gasteiger partial charge in [-0.25, -0.2) is 9.97 Å². The van der Waals surface area contributed by atoms with Gasteiger partial charge in [0.25, 0.3) is 0 Å². The average Bonchev–Trinajstić information content (AvgIpc) is 2.19. The third-order valence-electron chi connectivity index (χ3n) is 1.94. The highest BCUT2D eigenvalue weighted by Gasteiger charge is 2.01. The SMILES string of the molecule is CCOc1cc(NC(C)CC)ncn1. The number of ether oxygens (including phenoxy) is 1. The van der Waals surface area contributed by atoms with Crippen molar-refractivity contribution >= 4 is 5.82 Å². The lowest BCUT2D eigenvalue weighted by atomic mass is 10.2. The Morgan fingerprint density at radius 3 is 2.86 bits per heavy atom. The number of hydrogen-bond acceptors (Lipinski definition) is 4. The Balaban J connectivity index is 2.63. The molecular formula is C10H17N3O. The molecule has 1 atom stereocenters. The number of rotatable bonds is 5. The maximum absolute atomic E-state index is 5.27. The molecule has 1 rings (SSSR count). The molecule has 0 aromatic carbocycles. The summed E-state index contributed by atoms with van der Waals surface area (Å²) >= 11 is 0. The van der Waals surface area contributed by atoms with Crippen LogP contribution in [0.2, 0.25) is 0 Å². The summed E-state index contributed by atoms with van der Waals surface area (Å²) in [6, 6.07) is 2.23. The van der Waals surface area contributed by atoms with Gasteiger partial charge in [-0.2, -0.15) is 0 Å². The van der Waals surface area contributed by atoms with Crippen LogP contribution in [0.1, 0.15) is 27.2 Å². The Labute approximate surface area is 84.7 Å². The lowest BCUT2D eigenvalue weighted by Crippen LogP contribution is -2.14. The number of nitrogens with one attached hydrogen (secondary N) is 1. The molecule has 0 saturated heterocycles. The van der Waals surface area contributed by atoms with Crippen molar-refractivity contribution in [2.24, 2.45) is 0 Å². The highest BCUT2D eigenvalue weighted by molar-refractivity contribution is 5.37. The molecule has 1 aromatic rings. The smallest absolute Gasteiger partial charge is 0.218 e. The number of nitrogens with zero attached hydrogens (tertiary/aromatic N) is 2. The number of hydrogen-bond donors (Lipinski definition) is 1. The van der Waals surface area contributed by atoms with Crippen LogP contribution in [0, 0.1) is 0 Å². The van der Waals surface area contributed by atoms with Crippen molar-refractivity contribution < 1.29 is 4.74 Å². The zero-order valence-corrected chi connectivity index (χ0v) is 8.95. The molecule has 0 fully saturated rings. The van der Waals surface area contributed by atoms with Crippen molar-refractivity contribution in [2.75, 3.05) is 11.9 Å². The molecule has 0 aliphatic carbocycles. The minimum absolute atomic E-state index is 0.416. The first-order valence-corrected chi connectivity index (χ1v) is 4.97. The van der Waals surface area contributed by atoms with Gasteiger partial charge >= 0.3 is 0 Å². The predicted molar refractivity (Wildman–Crippen MR) is 56.6 cm³/mol. The van der Waals surface area contributed by atoms with E-state index in [2.05, 4.69) is 29.1 Å². The molecule has 1 unspecified atom stereocenters. The van der Waals surface area contributed by atoms with E-state index in [1.807, 2.05) is 13.0 Å². The number of aromatic nitrogens is 2. The Hall–Kier alpha value is -1.32. The molecule has 1 N–H and O–H groups in total. The molecule has 0 aliphatic heterocycles. The molecule has 78 valence electrons. The lowest BCUT2D eigenvalue weighted by molar-refractivity contribution is 0.326. The molecule has 4 nitrogen and oxygen atoms in total. The molecule has 0 saturated carbocycles. The van der Waals surface area contributed by atoms with E-state index in [1.165, 1.54) is 6.33 Å². The summed E-state index contributed by atoms with van der Waals surface area (Å²) in [5, 5.41) is 3.26. The fraction of sp³-hybridized carbons (Fsp3) is 0.600. The van der Waals surface area contributed by atoms with Gasteiger partial charge in [0.05, 0.1) is 6.61 Å². The van der Waals surface area contributed by atoms with Gasteiger partial charge < -0.3 is 10.1 Å². The van der Waals surface area contributed by atoms with E-state index in [0.717, 1.165) is 12.2 Å². The second kappa shape index (κ2) is 5.42. The Kier molecular flexibility index (Phi) is 4.16. The summed E-state index contributed by atoms with van der Waals surface area (Å²) in [6.45, 7) is 6.80. The monoisotopic (exact) mass is 195 g/mol. The van der Waals surface area contributed by atoms with Crippen molar-refractivity contribution in [3.8, 4) is 5.88 Å². The summed E-state index contributed by atoms with van der Waals surface area (Å²) < 4.78 is 5.27. The van der Waals surface area contributed by atoms with Crippen molar-refractivity contribution in [1.29, 1.82) is 0 Å². The molecule has 0 radical (unpaired) electrons. The molecule has 1 aromatic heterocycles. The normalized spacial score (nSPS) is 12.2. The Bertz CT molecular complexity index is 278. The highest BCUT2D eigenvalue weighted by atomic mass is 16.5. The van der Waals surface area contributed by atoms with Gasteiger partial charge in [-0.05, 0) is 20.3 Å². The molecule has 4 heteroatoms. The number of anilines is 1. The quantitative estimate of drug-likeness (QED) is 0.781. The minimum atomic E-state index is 0.416. The van der Waals surface area contributed by atoms with Gasteiger partial charge in [0.1, 0.15) is 12.1 Å². The van der Waals surface area contributed by atoms with Gasteiger partial charge in [-0.15, -0.1) is 0 Å². The maximum atomic E-state index is 5.27. The van der Waals surface area contributed by atoms with E-state index in [4.69, 9.17) is 4.74 Å². The first-order chi connectivity index (χ1) is 6.76. The lowest BCUT2D eigenvalue weighted by Gasteiger charge is -2.12. The Morgan fingerprint density at radius 2 is 2.21 bits per heavy atom. The van der Waals surface area contributed by atoms with Crippen LogP contribution < -0.4 is 10.1 Å². The zero-order valence-electron chi connectivity index (χ0n) is 8.95. The molecule has 0 amide bonds. The van der Waals surface area contributed by atoms with E-state index in [-0.39, 0.29) is 0 Å². The van der Waals surface area contributed by atoms with Gasteiger partial charge in [0.2, 0.25) is 5.88 Å². The van der Waals surface area contributed by atoms with Gasteiger partial charge in [-0.3, -0.25) is 0 Å². The summed E-state index contributed by atoms with van der Waals surface area (Å²) in [5.41, 5.74) is 0.